The molecule has 0 saturated heterocycles. The molecule has 9 heteroatoms. The van der Waals surface area contributed by atoms with Crippen LogP contribution in [0.1, 0.15) is 57.1 Å². The minimum Gasteiger partial charge on any atom is -0.352 e. The third-order valence-corrected chi connectivity index (χ3v) is 9.41. The van der Waals surface area contributed by atoms with Crippen LogP contribution >= 0.6 is 0 Å². The van der Waals surface area contributed by atoms with Gasteiger partial charge in [0.1, 0.15) is 18.4 Å². The molecule has 1 unspecified atom stereocenters. The highest BCUT2D eigenvalue weighted by Gasteiger charge is 2.33. The van der Waals surface area contributed by atoms with Crippen LogP contribution in [-0.2, 0) is 32.6 Å². The van der Waals surface area contributed by atoms with Crippen LogP contribution in [0.15, 0.2) is 83.8 Å². The Labute approximate surface area is 242 Å². The molecular weight excluding hydrogens is 541 g/mol. The highest BCUT2D eigenvalue weighted by Crippen LogP contribution is 2.28. The van der Waals surface area contributed by atoms with Crippen molar-refractivity contribution in [3.05, 3.63) is 95.8 Å². The number of sulfonamides is 1. The number of rotatable bonds is 11. The summed E-state index contributed by atoms with van der Waals surface area (Å²) < 4.78 is 42.7. The molecule has 0 radical (unpaired) electrons. The predicted molar refractivity (Wildman–Crippen MR) is 158 cm³/mol. The zero-order chi connectivity index (χ0) is 29.4. The number of anilines is 1. The van der Waals surface area contributed by atoms with E-state index in [1.54, 1.807) is 49.4 Å². The fraction of sp³-hybridized carbons (Fsp3) is 0.375. The Balaban J connectivity index is 1.69. The lowest BCUT2D eigenvalue weighted by Gasteiger charge is -2.33. The first-order chi connectivity index (χ1) is 19.7. The van der Waals surface area contributed by atoms with Gasteiger partial charge in [0, 0.05) is 12.6 Å². The quantitative estimate of drug-likeness (QED) is 0.327. The summed E-state index contributed by atoms with van der Waals surface area (Å²) >= 11 is 0. The summed E-state index contributed by atoms with van der Waals surface area (Å²) in [6.45, 7) is 3.09. The van der Waals surface area contributed by atoms with Crippen LogP contribution < -0.4 is 9.62 Å². The number of benzene rings is 3. The fourth-order valence-corrected chi connectivity index (χ4v) is 6.70. The van der Waals surface area contributed by atoms with E-state index in [0.717, 1.165) is 42.0 Å². The Morgan fingerprint density at radius 3 is 2.22 bits per heavy atom. The summed E-state index contributed by atoms with van der Waals surface area (Å²) in [5.74, 6) is -1.24. The highest BCUT2D eigenvalue weighted by molar-refractivity contribution is 7.92. The molecule has 1 N–H and O–H groups in total. The predicted octanol–water partition coefficient (Wildman–Crippen LogP) is 5.45. The average molecular weight is 580 g/mol. The van der Waals surface area contributed by atoms with E-state index in [2.05, 4.69) is 5.32 Å². The number of carbonyl (C=O) groups excluding carboxylic acids is 2. The van der Waals surface area contributed by atoms with E-state index < -0.39 is 34.3 Å². The number of nitrogens with zero attached hydrogens (tertiary/aromatic N) is 2. The first-order valence-corrected chi connectivity index (χ1v) is 15.6. The molecule has 0 bridgehead atoms. The van der Waals surface area contributed by atoms with E-state index in [0.29, 0.717) is 17.7 Å². The van der Waals surface area contributed by atoms with Gasteiger partial charge in [-0.1, -0.05) is 74.7 Å². The van der Waals surface area contributed by atoms with Crippen molar-refractivity contribution in [2.24, 2.45) is 0 Å². The number of hydrogen-bond donors (Lipinski definition) is 1. The molecule has 218 valence electrons. The van der Waals surface area contributed by atoms with Gasteiger partial charge in [0.05, 0.1) is 10.6 Å². The van der Waals surface area contributed by atoms with E-state index >= 15 is 0 Å². The molecule has 0 aliphatic heterocycles. The van der Waals surface area contributed by atoms with Gasteiger partial charge in [-0.3, -0.25) is 13.9 Å². The third-order valence-electron chi connectivity index (χ3n) is 7.64. The average Bonchev–Trinajstić information content (AvgIpc) is 3.00. The molecule has 4 rings (SSSR count). The minimum absolute atomic E-state index is 0.0208. The number of aryl methyl sites for hydroxylation is 1. The molecular formula is C32H38FN3O4S. The monoisotopic (exact) mass is 579 g/mol. The van der Waals surface area contributed by atoms with E-state index in [-0.39, 0.29) is 23.4 Å². The van der Waals surface area contributed by atoms with Crippen molar-refractivity contribution in [3.63, 3.8) is 0 Å². The van der Waals surface area contributed by atoms with Crippen LogP contribution in [0.3, 0.4) is 0 Å². The molecule has 0 aromatic heterocycles. The molecule has 7 nitrogen and oxygen atoms in total. The molecule has 1 fully saturated rings. The number of hydrogen-bond acceptors (Lipinski definition) is 4. The minimum atomic E-state index is -4.13. The maximum Gasteiger partial charge on any atom is 0.264 e. The second kappa shape index (κ2) is 13.8. The van der Waals surface area contributed by atoms with E-state index in [1.807, 2.05) is 19.1 Å². The lowest BCUT2D eigenvalue weighted by atomic mass is 9.95. The maximum absolute atomic E-state index is 14.1. The molecule has 3 aromatic rings. The Hall–Kier alpha value is -3.72. The number of carbonyl (C=O) groups is 2. The molecule has 1 aliphatic rings. The summed E-state index contributed by atoms with van der Waals surface area (Å²) in [5.41, 5.74) is 1.81. The number of halogens is 1. The van der Waals surface area contributed by atoms with Crippen molar-refractivity contribution in [3.8, 4) is 0 Å². The standard InChI is InChI=1S/C32H38FN3O4S/c1-3-26-12-10-11-17-30(26)36(41(39,40)29-15-8-5-9-16-29)23-31(37)35(22-25-18-20-27(33)21-19-25)24(2)32(38)34-28-13-6-4-7-14-28/h5,8-12,15-21,24,28H,3-4,6-7,13-14,22-23H2,1-2H3,(H,34,38). The summed E-state index contributed by atoms with van der Waals surface area (Å²) in [5, 5.41) is 3.08. The Morgan fingerprint density at radius 1 is 0.927 bits per heavy atom. The van der Waals surface area contributed by atoms with E-state index in [9.17, 15) is 22.4 Å². The number of nitrogens with one attached hydrogen (secondary N) is 1. The SMILES string of the molecule is CCc1ccccc1N(CC(=O)N(Cc1ccc(F)cc1)C(C)C(=O)NC1CCCCC1)S(=O)(=O)c1ccccc1. The summed E-state index contributed by atoms with van der Waals surface area (Å²) in [6.07, 6.45) is 5.57. The van der Waals surface area contributed by atoms with Gasteiger partial charge < -0.3 is 10.2 Å². The van der Waals surface area contributed by atoms with Crippen LogP contribution in [0, 0.1) is 5.82 Å². The summed E-state index contributed by atoms with van der Waals surface area (Å²) in [4.78, 5) is 28.9. The van der Waals surface area contributed by atoms with Crippen LogP contribution in [-0.4, -0.2) is 43.8 Å². The highest BCUT2D eigenvalue weighted by atomic mass is 32.2. The Morgan fingerprint density at radius 2 is 1.56 bits per heavy atom. The smallest absolute Gasteiger partial charge is 0.264 e. The Bertz CT molecular complexity index is 1420. The third kappa shape index (κ3) is 7.52. The van der Waals surface area contributed by atoms with Crippen LogP contribution in [0.2, 0.25) is 0 Å². The van der Waals surface area contributed by atoms with Gasteiger partial charge in [0.2, 0.25) is 11.8 Å². The molecule has 1 saturated carbocycles. The number of para-hydroxylation sites is 1. The van der Waals surface area contributed by atoms with Gasteiger partial charge in [-0.05, 0) is 67.6 Å². The number of amides is 2. The van der Waals surface area contributed by atoms with Gasteiger partial charge in [0.15, 0.2) is 0 Å². The molecule has 2 amide bonds. The van der Waals surface area contributed by atoms with Gasteiger partial charge in [-0.2, -0.15) is 0 Å². The lowest BCUT2D eigenvalue weighted by molar-refractivity contribution is -0.139. The van der Waals surface area contributed by atoms with Crippen molar-refractivity contribution in [2.75, 3.05) is 10.8 Å². The van der Waals surface area contributed by atoms with E-state index in [4.69, 9.17) is 0 Å². The Kier molecular flexibility index (Phi) is 10.2. The van der Waals surface area contributed by atoms with Gasteiger partial charge >= 0.3 is 0 Å². The second-order valence-electron chi connectivity index (χ2n) is 10.5. The lowest BCUT2D eigenvalue weighted by Crippen LogP contribution is -2.53. The largest absolute Gasteiger partial charge is 0.352 e. The van der Waals surface area contributed by atoms with Gasteiger partial charge in [-0.25, -0.2) is 12.8 Å². The molecule has 0 spiro atoms. The van der Waals surface area contributed by atoms with E-state index in [1.165, 1.54) is 29.2 Å². The van der Waals surface area contributed by atoms with Crippen molar-refractivity contribution in [2.45, 2.75) is 75.9 Å². The van der Waals surface area contributed by atoms with Crippen LogP contribution in [0.5, 0.6) is 0 Å². The topological polar surface area (TPSA) is 86.8 Å². The first-order valence-electron chi connectivity index (χ1n) is 14.2. The van der Waals surface area contributed by atoms with Crippen molar-refractivity contribution in [1.82, 2.24) is 10.2 Å². The van der Waals surface area contributed by atoms with Crippen LogP contribution in [0.25, 0.3) is 0 Å². The van der Waals surface area contributed by atoms with Gasteiger partial charge in [0.25, 0.3) is 10.0 Å². The van der Waals surface area contributed by atoms with Crippen molar-refractivity contribution >= 4 is 27.5 Å². The van der Waals surface area contributed by atoms with Crippen LogP contribution in [0.4, 0.5) is 10.1 Å². The summed E-state index contributed by atoms with van der Waals surface area (Å²) in [7, 11) is -4.13. The molecule has 0 heterocycles. The summed E-state index contributed by atoms with van der Waals surface area (Å²) in [6, 6.07) is 20.0. The maximum atomic E-state index is 14.1. The molecule has 1 atom stereocenters. The molecule has 41 heavy (non-hydrogen) atoms. The van der Waals surface area contributed by atoms with Crippen molar-refractivity contribution in [1.29, 1.82) is 0 Å². The fourth-order valence-electron chi connectivity index (χ4n) is 5.22. The normalized spacial score (nSPS) is 14.7. The first kappa shape index (κ1) is 30.2. The zero-order valence-corrected chi connectivity index (χ0v) is 24.4. The molecule has 1 aliphatic carbocycles. The zero-order valence-electron chi connectivity index (χ0n) is 23.6. The van der Waals surface area contributed by atoms with Gasteiger partial charge in [-0.15, -0.1) is 0 Å². The van der Waals surface area contributed by atoms with Crippen molar-refractivity contribution < 1.29 is 22.4 Å². The second-order valence-corrected chi connectivity index (χ2v) is 12.3. The molecule has 3 aromatic carbocycles.